The minimum absolute atomic E-state index is 0.0732. The van der Waals surface area contributed by atoms with Crippen molar-refractivity contribution >= 4 is 34.7 Å². The predicted molar refractivity (Wildman–Crippen MR) is 109 cm³/mol. The minimum atomic E-state index is -0.245. The maximum Gasteiger partial charge on any atom is 0.322 e. The lowest BCUT2D eigenvalue weighted by molar-refractivity contribution is -0.113. The fourth-order valence-electron chi connectivity index (χ4n) is 2.73. The van der Waals surface area contributed by atoms with Crippen molar-refractivity contribution in [2.75, 3.05) is 11.1 Å². The molecule has 4 rings (SSSR count). The number of nitrogens with zero attached hydrogens (tertiary/aromatic N) is 4. The molecule has 0 saturated heterocycles. The summed E-state index contributed by atoms with van der Waals surface area (Å²) < 4.78 is 7.53. The van der Waals surface area contributed by atoms with E-state index >= 15 is 0 Å². The third-order valence-electron chi connectivity index (χ3n) is 3.96. The molecule has 0 aliphatic rings. The Morgan fingerprint density at radius 1 is 1.14 bits per heavy atom. The van der Waals surface area contributed by atoms with E-state index in [4.69, 9.17) is 4.42 Å². The zero-order chi connectivity index (χ0) is 19.3. The smallest absolute Gasteiger partial charge is 0.322 e. The number of anilines is 1. The number of benzene rings is 2. The van der Waals surface area contributed by atoms with Crippen LogP contribution in [0.5, 0.6) is 0 Å². The summed E-state index contributed by atoms with van der Waals surface area (Å²) in [5, 5.41) is 11.2. The van der Waals surface area contributed by atoms with Crippen LogP contribution in [0, 0.1) is 0 Å². The number of carbonyl (C=O) groups excluding carboxylic acids is 1. The second-order valence-electron chi connectivity index (χ2n) is 5.90. The van der Waals surface area contributed by atoms with Crippen molar-refractivity contribution in [2.24, 2.45) is 0 Å². The van der Waals surface area contributed by atoms with Gasteiger partial charge in [0.1, 0.15) is 0 Å². The van der Waals surface area contributed by atoms with Gasteiger partial charge in [-0.1, -0.05) is 53.3 Å². The third kappa shape index (κ3) is 3.81. The SMILES string of the molecule is C=CCn1c(SCC(=O)Nc2nnc(-c3ccccc3)o2)nc2ccccc21. The van der Waals surface area contributed by atoms with E-state index in [1.165, 1.54) is 11.8 Å². The Balaban J connectivity index is 1.43. The maximum absolute atomic E-state index is 12.3. The number of hydrogen-bond donors (Lipinski definition) is 1. The average molecular weight is 391 g/mol. The number of amides is 1. The fraction of sp³-hybridized carbons (Fsp3) is 0.100. The highest BCUT2D eigenvalue weighted by Crippen LogP contribution is 2.24. The first-order valence-corrected chi connectivity index (χ1v) is 9.61. The van der Waals surface area contributed by atoms with Crippen molar-refractivity contribution in [2.45, 2.75) is 11.7 Å². The van der Waals surface area contributed by atoms with Gasteiger partial charge in [-0.25, -0.2) is 4.98 Å². The topological polar surface area (TPSA) is 85.8 Å². The van der Waals surface area contributed by atoms with Crippen LogP contribution in [0.25, 0.3) is 22.5 Å². The van der Waals surface area contributed by atoms with Gasteiger partial charge in [-0.15, -0.1) is 11.7 Å². The molecule has 2 heterocycles. The molecule has 0 saturated carbocycles. The van der Waals surface area contributed by atoms with E-state index in [0.717, 1.165) is 21.8 Å². The van der Waals surface area contributed by atoms with Crippen LogP contribution >= 0.6 is 11.8 Å². The van der Waals surface area contributed by atoms with E-state index in [-0.39, 0.29) is 17.7 Å². The van der Waals surface area contributed by atoms with Crippen LogP contribution in [-0.4, -0.2) is 31.4 Å². The first kappa shape index (κ1) is 18.0. The molecule has 0 spiro atoms. The molecule has 2 aromatic heterocycles. The van der Waals surface area contributed by atoms with Crippen LogP contribution in [0.1, 0.15) is 0 Å². The summed E-state index contributed by atoms with van der Waals surface area (Å²) in [5.41, 5.74) is 2.69. The molecule has 0 aliphatic carbocycles. The van der Waals surface area contributed by atoms with Crippen LogP contribution in [-0.2, 0) is 11.3 Å². The Labute approximate surface area is 165 Å². The number of hydrogen-bond acceptors (Lipinski definition) is 6. The van der Waals surface area contributed by atoms with Gasteiger partial charge >= 0.3 is 6.01 Å². The van der Waals surface area contributed by atoms with Crippen molar-refractivity contribution in [3.8, 4) is 11.5 Å². The molecule has 7 nitrogen and oxygen atoms in total. The summed E-state index contributed by atoms with van der Waals surface area (Å²) in [7, 11) is 0. The second-order valence-corrected chi connectivity index (χ2v) is 6.84. The zero-order valence-corrected chi connectivity index (χ0v) is 15.7. The van der Waals surface area contributed by atoms with E-state index in [2.05, 4.69) is 27.1 Å². The highest BCUT2D eigenvalue weighted by Gasteiger charge is 2.14. The summed E-state index contributed by atoms with van der Waals surface area (Å²) in [6.45, 7) is 4.42. The van der Waals surface area contributed by atoms with E-state index < -0.39 is 0 Å². The summed E-state index contributed by atoms with van der Waals surface area (Å²) >= 11 is 1.35. The molecule has 0 aliphatic heterocycles. The number of rotatable bonds is 7. The lowest BCUT2D eigenvalue weighted by atomic mass is 10.2. The Hall–Kier alpha value is -3.39. The number of fused-ring (bicyclic) bond motifs is 1. The van der Waals surface area contributed by atoms with Gasteiger partial charge < -0.3 is 8.98 Å². The van der Waals surface area contributed by atoms with Crippen molar-refractivity contribution in [3.63, 3.8) is 0 Å². The summed E-state index contributed by atoms with van der Waals surface area (Å²) in [6, 6.07) is 17.3. The van der Waals surface area contributed by atoms with Crippen LogP contribution in [0.15, 0.2) is 76.8 Å². The largest absolute Gasteiger partial charge is 0.403 e. The Morgan fingerprint density at radius 2 is 1.93 bits per heavy atom. The summed E-state index contributed by atoms with van der Waals surface area (Å²) in [6.07, 6.45) is 1.81. The molecule has 0 radical (unpaired) electrons. The molecule has 28 heavy (non-hydrogen) atoms. The van der Waals surface area contributed by atoms with Gasteiger partial charge in [0.2, 0.25) is 11.8 Å². The van der Waals surface area contributed by atoms with E-state index in [9.17, 15) is 4.79 Å². The predicted octanol–water partition coefficient (Wildman–Crippen LogP) is 4.00. The highest BCUT2D eigenvalue weighted by molar-refractivity contribution is 7.99. The van der Waals surface area contributed by atoms with Crippen molar-refractivity contribution in [3.05, 3.63) is 67.3 Å². The molecule has 2 aromatic carbocycles. The van der Waals surface area contributed by atoms with Crippen molar-refractivity contribution in [1.82, 2.24) is 19.7 Å². The first-order chi connectivity index (χ1) is 13.7. The highest BCUT2D eigenvalue weighted by atomic mass is 32.2. The van der Waals surface area contributed by atoms with Crippen molar-refractivity contribution in [1.29, 1.82) is 0 Å². The third-order valence-corrected chi connectivity index (χ3v) is 4.93. The van der Waals surface area contributed by atoms with E-state index in [1.54, 1.807) is 0 Å². The van der Waals surface area contributed by atoms with Gasteiger partial charge in [-0.3, -0.25) is 10.1 Å². The van der Waals surface area contributed by atoms with Gasteiger partial charge in [0.25, 0.3) is 0 Å². The number of aromatic nitrogens is 4. The standard InChI is InChI=1S/C20H17N5O2S/c1-2-12-25-16-11-7-6-10-15(16)21-20(25)28-13-17(26)22-19-24-23-18(27-19)14-8-4-3-5-9-14/h2-11H,1,12-13H2,(H,22,24,26). The normalized spacial score (nSPS) is 10.9. The monoisotopic (exact) mass is 391 g/mol. The quantitative estimate of drug-likeness (QED) is 0.378. The molecule has 1 amide bonds. The van der Waals surface area contributed by atoms with Gasteiger partial charge in [-0.05, 0) is 24.3 Å². The summed E-state index contributed by atoms with van der Waals surface area (Å²) in [4.78, 5) is 16.9. The molecule has 0 bridgehead atoms. The number of para-hydroxylation sites is 2. The number of imidazole rings is 1. The molecule has 0 fully saturated rings. The first-order valence-electron chi connectivity index (χ1n) is 8.62. The zero-order valence-electron chi connectivity index (χ0n) is 14.9. The number of carbonyl (C=O) groups is 1. The molecular weight excluding hydrogens is 374 g/mol. The molecule has 140 valence electrons. The number of thioether (sulfide) groups is 1. The van der Waals surface area contributed by atoms with Crippen LogP contribution in [0.4, 0.5) is 6.01 Å². The van der Waals surface area contributed by atoms with Crippen LogP contribution < -0.4 is 5.32 Å². The Morgan fingerprint density at radius 3 is 2.75 bits per heavy atom. The molecule has 4 aromatic rings. The number of allylic oxidation sites excluding steroid dienone is 1. The summed E-state index contributed by atoms with van der Waals surface area (Å²) in [5.74, 6) is 0.283. The number of nitrogens with one attached hydrogen (secondary N) is 1. The Kier molecular flexibility index (Phi) is 5.20. The second kappa shape index (κ2) is 8.10. The van der Waals surface area contributed by atoms with Gasteiger partial charge in [0.05, 0.1) is 16.8 Å². The van der Waals surface area contributed by atoms with Gasteiger partial charge in [-0.2, -0.15) is 0 Å². The van der Waals surface area contributed by atoms with E-state index in [0.29, 0.717) is 12.4 Å². The lowest BCUT2D eigenvalue weighted by Gasteiger charge is -2.05. The Bertz CT molecular complexity index is 1120. The van der Waals surface area contributed by atoms with E-state index in [1.807, 2.05) is 65.2 Å². The average Bonchev–Trinajstić information content (AvgIpc) is 3.32. The minimum Gasteiger partial charge on any atom is -0.403 e. The van der Waals surface area contributed by atoms with Gasteiger partial charge in [0.15, 0.2) is 5.16 Å². The molecule has 8 heteroatoms. The van der Waals surface area contributed by atoms with Crippen LogP contribution in [0.2, 0.25) is 0 Å². The molecule has 1 N–H and O–H groups in total. The van der Waals surface area contributed by atoms with Crippen molar-refractivity contribution < 1.29 is 9.21 Å². The van der Waals surface area contributed by atoms with Gasteiger partial charge in [0, 0.05) is 12.1 Å². The fourth-order valence-corrected chi connectivity index (χ4v) is 3.55. The lowest BCUT2D eigenvalue weighted by Crippen LogP contribution is -2.14. The molecule has 0 atom stereocenters. The molecular formula is C20H17N5O2S. The molecule has 0 unspecified atom stereocenters. The maximum atomic E-state index is 12.3. The van der Waals surface area contributed by atoms with Crippen LogP contribution in [0.3, 0.4) is 0 Å².